The SMILES string of the molecule is CCNCc1cn[nH]c1S(=O)(=O)Nc1ncccc1Cl. The monoisotopic (exact) mass is 315 g/mol. The minimum Gasteiger partial charge on any atom is -0.313 e. The van der Waals surface area contributed by atoms with E-state index < -0.39 is 10.0 Å². The fraction of sp³-hybridized carbons (Fsp3) is 0.273. The molecule has 2 aromatic rings. The topological polar surface area (TPSA) is 99.8 Å². The summed E-state index contributed by atoms with van der Waals surface area (Å²) in [5.41, 5.74) is 0.548. The van der Waals surface area contributed by atoms with E-state index in [0.29, 0.717) is 12.1 Å². The molecule has 20 heavy (non-hydrogen) atoms. The first-order chi connectivity index (χ1) is 9.54. The Kier molecular flexibility index (Phi) is 4.58. The Morgan fingerprint density at radius 1 is 1.45 bits per heavy atom. The number of hydrogen-bond donors (Lipinski definition) is 3. The van der Waals surface area contributed by atoms with E-state index >= 15 is 0 Å². The number of hydrogen-bond acceptors (Lipinski definition) is 5. The van der Waals surface area contributed by atoms with Crippen molar-refractivity contribution >= 4 is 27.4 Å². The van der Waals surface area contributed by atoms with Crippen LogP contribution in [0.2, 0.25) is 5.02 Å². The minimum atomic E-state index is -3.81. The lowest BCUT2D eigenvalue weighted by Crippen LogP contribution is -2.19. The number of pyridine rings is 1. The fourth-order valence-corrected chi connectivity index (χ4v) is 2.94. The van der Waals surface area contributed by atoms with E-state index in [1.807, 2.05) is 6.92 Å². The lowest BCUT2D eigenvalue weighted by molar-refractivity contribution is 0.594. The molecule has 0 aliphatic heterocycles. The average molecular weight is 316 g/mol. The number of nitrogens with zero attached hydrogens (tertiary/aromatic N) is 2. The van der Waals surface area contributed by atoms with Gasteiger partial charge in [0.2, 0.25) is 0 Å². The molecule has 3 N–H and O–H groups in total. The number of aromatic amines is 1. The Hall–Kier alpha value is -1.64. The summed E-state index contributed by atoms with van der Waals surface area (Å²) in [6.45, 7) is 3.06. The van der Waals surface area contributed by atoms with Crippen LogP contribution in [0.1, 0.15) is 12.5 Å². The van der Waals surface area contributed by atoms with Crippen molar-refractivity contribution in [2.45, 2.75) is 18.5 Å². The van der Waals surface area contributed by atoms with Crippen LogP contribution in [0.15, 0.2) is 29.6 Å². The minimum absolute atomic E-state index is 0.000157. The number of aromatic nitrogens is 3. The van der Waals surface area contributed by atoms with Crippen LogP contribution in [0, 0.1) is 0 Å². The molecular formula is C11H14ClN5O2S. The molecule has 0 atom stereocenters. The predicted molar refractivity (Wildman–Crippen MR) is 76.0 cm³/mol. The van der Waals surface area contributed by atoms with Gasteiger partial charge in [-0.05, 0) is 18.7 Å². The van der Waals surface area contributed by atoms with Gasteiger partial charge >= 0.3 is 0 Å². The molecule has 2 heterocycles. The Bertz CT molecular complexity index is 686. The summed E-state index contributed by atoms with van der Waals surface area (Å²) >= 11 is 5.89. The second-order valence-corrected chi connectivity index (χ2v) is 5.97. The van der Waals surface area contributed by atoms with Gasteiger partial charge in [0.25, 0.3) is 10.0 Å². The summed E-state index contributed by atoms with van der Waals surface area (Å²) in [7, 11) is -3.81. The van der Waals surface area contributed by atoms with E-state index in [9.17, 15) is 8.42 Å². The molecule has 0 aliphatic rings. The van der Waals surface area contributed by atoms with Crippen LogP contribution in [0.25, 0.3) is 0 Å². The van der Waals surface area contributed by atoms with E-state index in [0.717, 1.165) is 6.54 Å². The van der Waals surface area contributed by atoms with Gasteiger partial charge in [0.15, 0.2) is 10.8 Å². The van der Waals surface area contributed by atoms with Gasteiger partial charge in [0, 0.05) is 18.3 Å². The smallest absolute Gasteiger partial charge is 0.280 e. The van der Waals surface area contributed by atoms with Crippen LogP contribution in [0.3, 0.4) is 0 Å². The van der Waals surface area contributed by atoms with Crippen molar-refractivity contribution in [3.8, 4) is 0 Å². The van der Waals surface area contributed by atoms with Crippen molar-refractivity contribution in [2.75, 3.05) is 11.3 Å². The quantitative estimate of drug-likeness (QED) is 0.747. The number of halogens is 1. The van der Waals surface area contributed by atoms with Crippen molar-refractivity contribution in [3.05, 3.63) is 35.1 Å². The van der Waals surface area contributed by atoms with E-state index in [4.69, 9.17) is 11.6 Å². The maximum atomic E-state index is 12.3. The third-order valence-electron chi connectivity index (χ3n) is 2.50. The molecule has 0 saturated heterocycles. The molecule has 2 rings (SSSR count). The molecule has 0 saturated carbocycles. The molecule has 0 spiro atoms. The van der Waals surface area contributed by atoms with Crippen molar-refractivity contribution in [2.24, 2.45) is 0 Å². The van der Waals surface area contributed by atoms with Gasteiger partial charge < -0.3 is 5.32 Å². The van der Waals surface area contributed by atoms with Crippen molar-refractivity contribution in [1.82, 2.24) is 20.5 Å². The lowest BCUT2D eigenvalue weighted by Gasteiger charge is -2.08. The first-order valence-corrected chi connectivity index (χ1v) is 7.77. The Labute approximate surface area is 121 Å². The average Bonchev–Trinajstić information content (AvgIpc) is 2.88. The van der Waals surface area contributed by atoms with E-state index in [-0.39, 0.29) is 15.9 Å². The summed E-state index contributed by atoms with van der Waals surface area (Å²) < 4.78 is 26.9. The van der Waals surface area contributed by atoms with E-state index in [1.54, 1.807) is 12.1 Å². The van der Waals surface area contributed by atoms with Crippen LogP contribution in [-0.2, 0) is 16.6 Å². The van der Waals surface area contributed by atoms with Gasteiger partial charge in [-0.3, -0.25) is 9.82 Å². The van der Waals surface area contributed by atoms with Gasteiger partial charge in [-0.2, -0.15) is 13.5 Å². The molecule has 7 nitrogen and oxygen atoms in total. The van der Waals surface area contributed by atoms with Gasteiger partial charge in [0.05, 0.1) is 11.2 Å². The third kappa shape index (κ3) is 3.27. The maximum Gasteiger partial charge on any atom is 0.280 e. The molecule has 0 amide bonds. The molecule has 0 bridgehead atoms. The van der Waals surface area contributed by atoms with Gasteiger partial charge in [-0.25, -0.2) is 4.98 Å². The second kappa shape index (κ2) is 6.21. The normalized spacial score (nSPS) is 11.5. The summed E-state index contributed by atoms with van der Waals surface area (Å²) in [5.74, 6) is 0.0816. The highest BCUT2D eigenvalue weighted by atomic mass is 35.5. The highest BCUT2D eigenvalue weighted by Crippen LogP contribution is 2.22. The Balaban J connectivity index is 2.27. The van der Waals surface area contributed by atoms with Crippen molar-refractivity contribution in [3.63, 3.8) is 0 Å². The molecule has 0 aromatic carbocycles. The zero-order valence-electron chi connectivity index (χ0n) is 10.7. The fourth-order valence-electron chi connectivity index (χ4n) is 1.56. The summed E-state index contributed by atoms with van der Waals surface area (Å²) in [6.07, 6.45) is 2.92. The van der Waals surface area contributed by atoms with Crippen LogP contribution in [0.5, 0.6) is 0 Å². The summed E-state index contributed by atoms with van der Waals surface area (Å²) in [6, 6.07) is 3.17. The second-order valence-electron chi connectivity index (χ2n) is 3.94. The highest BCUT2D eigenvalue weighted by Gasteiger charge is 2.22. The molecular weight excluding hydrogens is 302 g/mol. The largest absolute Gasteiger partial charge is 0.313 e. The molecule has 0 aliphatic carbocycles. The number of nitrogens with one attached hydrogen (secondary N) is 3. The van der Waals surface area contributed by atoms with Crippen molar-refractivity contribution in [1.29, 1.82) is 0 Å². The third-order valence-corrected chi connectivity index (χ3v) is 4.16. The molecule has 9 heteroatoms. The number of H-pyrrole nitrogens is 1. The Morgan fingerprint density at radius 2 is 2.25 bits per heavy atom. The Morgan fingerprint density at radius 3 is 2.95 bits per heavy atom. The molecule has 2 aromatic heterocycles. The van der Waals surface area contributed by atoms with E-state index in [1.165, 1.54) is 12.4 Å². The van der Waals surface area contributed by atoms with Gasteiger partial charge in [-0.15, -0.1) is 0 Å². The maximum absolute atomic E-state index is 12.3. The van der Waals surface area contributed by atoms with Gasteiger partial charge in [-0.1, -0.05) is 18.5 Å². The molecule has 0 unspecified atom stereocenters. The number of rotatable bonds is 6. The van der Waals surface area contributed by atoms with Crippen LogP contribution >= 0.6 is 11.6 Å². The van der Waals surface area contributed by atoms with Gasteiger partial charge in [0.1, 0.15) is 0 Å². The van der Waals surface area contributed by atoms with E-state index in [2.05, 4.69) is 25.2 Å². The lowest BCUT2D eigenvalue weighted by atomic mass is 10.3. The van der Waals surface area contributed by atoms with Crippen LogP contribution < -0.4 is 10.0 Å². The first kappa shape index (κ1) is 14.8. The molecule has 0 fully saturated rings. The number of sulfonamides is 1. The predicted octanol–water partition coefficient (Wildman–Crippen LogP) is 1.37. The zero-order chi connectivity index (χ0) is 14.6. The van der Waals surface area contributed by atoms with Crippen LogP contribution in [0.4, 0.5) is 5.82 Å². The standard InChI is InChI=1S/C11H14ClN5O2S/c1-2-13-6-8-7-15-16-11(8)20(18,19)17-10-9(12)4-3-5-14-10/h3-5,7,13H,2,6H2,1H3,(H,14,17)(H,15,16). The van der Waals surface area contributed by atoms with Crippen molar-refractivity contribution < 1.29 is 8.42 Å². The molecule has 0 radical (unpaired) electrons. The zero-order valence-corrected chi connectivity index (χ0v) is 12.3. The first-order valence-electron chi connectivity index (χ1n) is 5.91. The van der Waals surface area contributed by atoms with Crippen LogP contribution in [-0.4, -0.2) is 30.1 Å². The number of anilines is 1. The summed E-state index contributed by atoms with van der Waals surface area (Å²) in [5, 5.41) is 9.52. The summed E-state index contributed by atoms with van der Waals surface area (Å²) in [4.78, 5) is 3.89. The molecule has 108 valence electrons. The highest BCUT2D eigenvalue weighted by molar-refractivity contribution is 7.92.